The van der Waals surface area contributed by atoms with E-state index in [2.05, 4.69) is 24.1 Å². The number of hydrogen-bond donors (Lipinski definition) is 1. The van der Waals surface area contributed by atoms with Gasteiger partial charge in [0.1, 0.15) is 0 Å². The highest BCUT2D eigenvalue weighted by molar-refractivity contribution is 5.72. The highest BCUT2D eigenvalue weighted by Crippen LogP contribution is 2.21. The van der Waals surface area contributed by atoms with Crippen LogP contribution in [-0.2, 0) is 9.53 Å². The zero-order valence-corrected chi connectivity index (χ0v) is 10.2. The maximum atomic E-state index is 10.3. The number of morpholine rings is 1. The van der Waals surface area contributed by atoms with Gasteiger partial charge in [0.05, 0.1) is 12.2 Å². The third kappa shape index (κ3) is 2.97. The second-order valence-electron chi connectivity index (χ2n) is 4.47. The van der Waals surface area contributed by atoms with E-state index in [-0.39, 0.29) is 12.2 Å². The number of benzene rings is 1. The molecule has 0 spiro atoms. The van der Waals surface area contributed by atoms with Crippen LogP contribution in [0.3, 0.4) is 0 Å². The standard InChI is InChI=1S/C13H18N2O2/c1-10-7-15(8-11(2)17-10)13-5-3-12(4-6-13)14-9-16/h3-6,9-11H,7-8H2,1-2H3,(H,14,16)/t10-,11?/m1/s1. The summed E-state index contributed by atoms with van der Waals surface area (Å²) in [5, 5.41) is 2.63. The van der Waals surface area contributed by atoms with E-state index >= 15 is 0 Å². The lowest BCUT2D eigenvalue weighted by Crippen LogP contribution is -2.45. The van der Waals surface area contributed by atoms with E-state index < -0.39 is 0 Å². The van der Waals surface area contributed by atoms with Gasteiger partial charge in [-0.05, 0) is 38.1 Å². The molecule has 4 nitrogen and oxygen atoms in total. The maximum absolute atomic E-state index is 10.3. The molecule has 92 valence electrons. The van der Waals surface area contributed by atoms with Gasteiger partial charge < -0.3 is 15.0 Å². The van der Waals surface area contributed by atoms with Crippen molar-refractivity contribution < 1.29 is 9.53 Å². The Hall–Kier alpha value is -1.55. The average Bonchev–Trinajstić information content (AvgIpc) is 2.29. The molecule has 4 heteroatoms. The summed E-state index contributed by atoms with van der Waals surface area (Å²) < 4.78 is 5.70. The normalized spacial score (nSPS) is 24.5. The lowest BCUT2D eigenvalue weighted by Gasteiger charge is -2.36. The monoisotopic (exact) mass is 234 g/mol. The largest absolute Gasteiger partial charge is 0.372 e. The number of hydrogen-bond acceptors (Lipinski definition) is 3. The molecule has 1 heterocycles. The Balaban J connectivity index is 2.08. The summed E-state index contributed by atoms with van der Waals surface area (Å²) in [4.78, 5) is 12.6. The van der Waals surface area contributed by atoms with Gasteiger partial charge in [-0.3, -0.25) is 4.79 Å². The molecule has 0 radical (unpaired) electrons. The second kappa shape index (κ2) is 5.19. The molecule has 2 rings (SSSR count). The van der Waals surface area contributed by atoms with Crippen molar-refractivity contribution in [3.8, 4) is 0 Å². The molecular formula is C13H18N2O2. The van der Waals surface area contributed by atoms with E-state index in [9.17, 15) is 4.79 Å². The zero-order valence-electron chi connectivity index (χ0n) is 10.2. The minimum Gasteiger partial charge on any atom is -0.372 e. The summed E-state index contributed by atoms with van der Waals surface area (Å²) in [6.07, 6.45) is 1.20. The fraction of sp³-hybridized carbons (Fsp3) is 0.462. The fourth-order valence-electron chi connectivity index (χ4n) is 2.23. The molecule has 1 N–H and O–H groups in total. The first kappa shape index (κ1) is 11.9. The quantitative estimate of drug-likeness (QED) is 0.812. The minimum atomic E-state index is 0.256. The molecule has 17 heavy (non-hydrogen) atoms. The summed E-state index contributed by atoms with van der Waals surface area (Å²) in [7, 11) is 0. The third-order valence-electron chi connectivity index (χ3n) is 2.88. The van der Waals surface area contributed by atoms with Crippen LogP contribution in [0.1, 0.15) is 13.8 Å². The smallest absolute Gasteiger partial charge is 0.211 e. The van der Waals surface area contributed by atoms with Gasteiger partial charge in [-0.2, -0.15) is 0 Å². The van der Waals surface area contributed by atoms with E-state index in [0.29, 0.717) is 6.41 Å². The summed E-state index contributed by atoms with van der Waals surface area (Å²) in [6.45, 7) is 5.99. The summed E-state index contributed by atoms with van der Waals surface area (Å²) in [5.41, 5.74) is 1.99. The molecule has 1 aromatic carbocycles. The van der Waals surface area contributed by atoms with E-state index in [1.54, 1.807) is 0 Å². The number of rotatable bonds is 3. The van der Waals surface area contributed by atoms with E-state index in [1.165, 1.54) is 5.69 Å². The highest BCUT2D eigenvalue weighted by Gasteiger charge is 2.22. The molecule has 1 unspecified atom stereocenters. The Morgan fingerprint density at radius 3 is 2.35 bits per heavy atom. The van der Waals surface area contributed by atoms with Crippen molar-refractivity contribution in [2.75, 3.05) is 23.3 Å². The van der Waals surface area contributed by atoms with Crippen LogP contribution in [0.15, 0.2) is 24.3 Å². The molecule has 2 atom stereocenters. The number of anilines is 2. The summed E-state index contributed by atoms with van der Waals surface area (Å²) >= 11 is 0. The first-order valence-corrected chi connectivity index (χ1v) is 5.89. The first-order valence-electron chi connectivity index (χ1n) is 5.89. The predicted molar refractivity (Wildman–Crippen MR) is 68.4 cm³/mol. The highest BCUT2D eigenvalue weighted by atomic mass is 16.5. The van der Waals surface area contributed by atoms with Crippen LogP contribution in [-0.4, -0.2) is 31.7 Å². The van der Waals surface area contributed by atoms with Crippen molar-refractivity contribution in [2.24, 2.45) is 0 Å². The third-order valence-corrected chi connectivity index (χ3v) is 2.88. The Labute approximate surface area is 102 Å². The Bertz CT molecular complexity index is 368. The van der Waals surface area contributed by atoms with E-state index in [0.717, 1.165) is 18.8 Å². The number of carbonyl (C=O) groups excluding carboxylic acids is 1. The van der Waals surface area contributed by atoms with Crippen LogP contribution in [0.2, 0.25) is 0 Å². The summed E-state index contributed by atoms with van der Waals surface area (Å²) in [5.74, 6) is 0. The molecule has 0 aliphatic carbocycles. The van der Waals surface area contributed by atoms with Crippen molar-refractivity contribution in [2.45, 2.75) is 26.1 Å². The molecule has 1 aliphatic rings. The van der Waals surface area contributed by atoms with Crippen LogP contribution in [0.5, 0.6) is 0 Å². The number of amides is 1. The van der Waals surface area contributed by atoms with Crippen molar-refractivity contribution in [1.82, 2.24) is 0 Å². The number of ether oxygens (including phenoxy) is 1. The van der Waals surface area contributed by atoms with Gasteiger partial charge in [0, 0.05) is 24.5 Å². The van der Waals surface area contributed by atoms with Crippen LogP contribution in [0.4, 0.5) is 11.4 Å². The van der Waals surface area contributed by atoms with Gasteiger partial charge in [0.15, 0.2) is 0 Å². The molecule has 1 aliphatic heterocycles. The van der Waals surface area contributed by atoms with Crippen molar-refractivity contribution in [1.29, 1.82) is 0 Å². The first-order chi connectivity index (χ1) is 8.19. The molecule has 1 fully saturated rings. The molecule has 0 saturated carbocycles. The zero-order chi connectivity index (χ0) is 12.3. The Morgan fingerprint density at radius 1 is 1.24 bits per heavy atom. The molecule has 1 aromatic rings. The molecular weight excluding hydrogens is 216 g/mol. The second-order valence-corrected chi connectivity index (χ2v) is 4.47. The van der Waals surface area contributed by atoms with E-state index in [4.69, 9.17) is 4.74 Å². The van der Waals surface area contributed by atoms with Crippen molar-refractivity contribution in [3.05, 3.63) is 24.3 Å². The van der Waals surface area contributed by atoms with Crippen LogP contribution in [0.25, 0.3) is 0 Å². The van der Waals surface area contributed by atoms with Crippen LogP contribution >= 0.6 is 0 Å². The van der Waals surface area contributed by atoms with Crippen molar-refractivity contribution in [3.63, 3.8) is 0 Å². The molecule has 0 bridgehead atoms. The van der Waals surface area contributed by atoms with Crippen molar-refractivity contribution >= 4 is 17.8 Å². The number of nitrogens with one attached hydrogen (secondary N) is 1. The number of carbonyl (C=O) groups is 1. The van der Waals surface area contributed by atoms with Crippen LogP contribution < -0.4 is 10.2 Å². The van der Waals surface area contributed by atoms with Gasteiger partial charge in [-0.15, -0.1) is 0 Å². The van der Waals surface area contributed by atoms with Gasteiger partial charge in [-0.1, -0.05) is 0 Å². The topological polar surface area (TPSA) is 41.6 Å². The SMILES string of the molecule is CC1CN(c2ccc(NC=O)cc2)C[C@@H](C)O1. The number of nitrogens with zero attached hydrogens (tertiary/aromatic N) is 1. The van der Waals surface area contributed by atoms with Gasteiger partial charge in [-0.25, -0.2) is 0 Å². The lowest BCUT2D eigenvalue weighted by molar-refractivity contribution is -0.105. The predicted octanol–water partition coefficient (Wildman–Crippen LogP) is 1.87. The molecule has 1 amide bonds. The van der Waals surface area contributed by atoms with Crippen LogP contribution in [0, 0.1) is 0 Å². The van der Waals surface area contributed by atoms with Gasteiger partial charge in [0.25, 0.3) is 0 Å². The summed E-state index contributed by atoms with van der Waals surface area (Å²) in [6, 6.07) is 7.87. The maximum Gasteiger partial charge on any atom is 0.211 e. The minimum absolute atomic E-state index is 0.256. The molecule has 1 saturated heterocycles. The van der Waals surface area contributed by atoms with E-state index in [1.807, 2.05) is 24.3 Å². The van der Waals surface area contributed by atoms with Gasteiger partial charge in [0.2, 0.25) is 6.41 Å². The fourth-order valence-corrected chi connectivity index (χ4v) is 2.23. The average molecular weight is 234 g/mol. The van der Waals surface area contributed by atoms with Gasteiger partial charge >= 0.3 is 0 Å². The Morgan fingerprint density at radius 2 is 1.82 bits per heavy atom. The molecule has 0 aromatic heterocycles. The lowest BCUT2D eigenvalue weighted by atomic mass is 10.2. The Kier molecular flexibility index (Phi) is 3.64.